The molecule has 2 nitrogen and oxygen atoms in total. The van der Waals surface area contributed by atoms with Gasteiger partial charge in [-0.2, -0.15) is 0 Å². The van der Waals surface area contributed by atoms with Crippen LogP contribution < -0.4 is 5.32 Å². The Morgan fingerprint density at radius 2 is 1.70 bits per heavy atom. The lowest BCUT2D eigenvalue weighted by molar-refractivity contribution is 0.282. The summed E-state index contributed by atoms with van der Waals surface area (Å²) in [5, 5.41) is 12.4. The predicted molar refractivity (Wildman–Crippen MR) is 87.1 cm³/mol. The summed E-state index contributed by atoms with van der Waals surface area (Å²) in [7, 11) is 0. The van der Waals surface area contributed by atoms with Gasteiger partial charge in [-0.3, -0.25) is 0 Å². The minimum absolute atomic E-state index is 0.213. The quantitative estimate of drug-likeness (QED) is 0.636. The third kappa shape index (κ3) is 6.53. The van der Waals surface area contributed by atoms with E-state index in [1.165, 1.54) is 18.4 Å². The molecule has 0 aromatic heterocycles. The number of rotatable bonds is 10. The van der Waals surface area contributed by atoms with E-state index in [1.54, 1.807) is 0 Å². The second kappa shape index (κ2) is 9.15. The van der Waals surface area contributed by atoms with Crippen LogP contribution in [0.5, 0.6) is 0 Å². The Morgan fingerprint density at radius 3 is 2.35 bits per heavy atom. The van der Waals surface area contributed by atoms with Gasteiger partial charge >= 0.3 is 0 Å². The summed E-state index contributed by atoms with van der Waals surface area (Å²) in [6, 6.07) is 11.3. The molecule has 0 saturated heterocycles. The van der Waals surface area contributed by atoms with Crippen molar-refractivity contribution in [3.8, 4) is 0 Å². The van der Waals surface area contributed by atoms with Gasteiger partial charge in [0.1, 0.15) is 0 Å². The Labute approximate surface area is 124 Å². The zero-order valence-electron chi connectivity index (χ0n) is 13.4. The molecule has 1 rings (SSSR count). The lowest BCUT2D eigenvalue weighted by atomic mass is 9.79. The van der Waals surface area contributed by atoms with Gasteiger partial charge in [-0.15, -0.1) is 0 Å². The van der Waals surface area contributed by atoms with Crippen molar-refractivity contribution in [3.63, 3.8) is 0 Å². The summed E-state index contributed by atoms with van der Waals surface area (Å²) in [5.74, 6) is 0. The summed E-state index contributed by atoms with van der Waals surface area (Å²) < 4.78 is 0. The molecule has 20 heavy (non-hydrogen) atoms. The van der Waals surface area contributed by atoms with E-state index in [2.05, 4.69) is 56.4 Å². The molecule has 0 radical (unpaired) electrons. The second-order valence-corrected chi connectivity index (χ2v) is 6.45. The maximum atomic E-state index is 8.73. The van der Waals surface area contributed by atoms with Crippen molar-refractivity contribution in [3.05, 3.63) is 35.9 Å². The highest BCUT2D eigenvalue weighted by atomic mass is 16.2. The zero-order chi connectivity index (χ0) is 14.8. The molecule has 2 N–H and O–H groups in total. The van der Waals surface area contributed by atoms with Crippen LogP contribution in [-0.2, 0) is 5.41 Å². The van der Waals surface area contributed by atoms with Gasteiger partial charge in [0.2, 0.25) is 0 Å². The first-order valence-electron chi connectivity index (χ1n) is 7.96. The number of unbranched alkanes of at least 4 members (excludes halogenated alkanes) is 3. The third-order valence-electron chi connectivity index (χ3n) is 3.95. The lowest BCUT2D eigenvalue weighted by Crippen LogP contribution is -2.33. The van der Waals surface area contributed by atoms with Gasteiger partial charge in [-0.25, -0.2) is 0 Å². The molecule has 0 amide bonds. The van der Waals surface area contributed by atoms with Crippen molar-refractivity contribution in [2.45, 2.75) is 64.3 Å². The minimum atomic E-state index is 0.213. The molecule has 0 aliphatic rings. The van der Waals surface area contributed by atoms with Gasteiger partial charge in [0.15, 0.2) is 0 Å². The smallest absolute Gasteiger partial charge is 0.0431 e. The normalized spacial score (nSPS) is 13.4. The SMILES string of the molecule is CC(CC(C)(C)c1ccccc1)NCCCCCCO. The van der Waals surface area contributed by atoms with E-state index in [-0.39, 0.29) is 5.41 Å². The Morgan fingerprint density at radius 1 is 1.05 bits per heavy atom. The molecule has 0 bridgehead atoms. The monoisotopic (exact) mass is 277 g/mol. The van der Waals surface area contributed by atoms with Crippen LogP contribution in [0.3, 0.4) is 0 Å². The standard InChI is InChI=1S/C18H31NO/c1-16(19-13-9-4-5-10-14-20)15-18(2,3)17-11-7-6-8-12-17/h6-8,11-12,16,19-20H,4-5,9-10,13-15H2,1-3H3. The second-order valence-electron chi connectivity index (χ2n) is 6.45. The summed E-state index contributed by atoms with van der Waals surface area (Å²) >= 11 is 0. The van der Waals surface area contributed by atoms with E-state index in [4.69, 9.17) is 5.11 Å². The Hall–Kier alpha value is -0.860. The molecule has 0 aliphatic heterocycles. The minimum Gasteiger partial charge on any atom is -0.396 e. The summed E-state index contributed by atoms with van der Waals surface area (Å²) in [6.45, 7) is 8.33. The van der Waals surface area contributed by atoms with Crippen LogP contribution in [0, 0.1) is 0 Å². The van der Waals surface area contributed by atoms with Crippen LogP contribution in [0.1, 0.15) is 58.4 Å². The maximum Gasteiger partial charge on any atom is 0.0431 e. The molecular weight excluding hydrogens is 246 g/mol. The first-order valence-corrected chi connectivity index (χ1v) is 7.96. The van der Waals surface area contributed by atoms with E-state index in [9.17, 15) is 0 Å². The Balaban J connectivity index is 2.26. The number of nitrogens with one attached hydrogen (secondary N) is 1. The van der Waals surface area contributed by atoms with Crippen molar-refractivity contribution in [1.29, 1.82) is 0 Å². The van der Waals surface area contributed by atoms with E-state index >= 15 is 0 Å². The van der Waals surface area contributed by atoms with Crippen LogP contribution in [0.15, 0.2) is 30.3 Å². The molecular formula is C18H31NO. The number of aliphatic hydroxyl groups excluding tert-OH is 1. The summed E-state index contributed by atoms with van der Waals surface area (Å²) in [6.07, 6.45) is 5.64. The fraction of sp³-hybridized carbons (Fsp3) is 0.667. The highest BCUT2D eigenvalue weighted by Gasteiger charge is 2.22. The predicted octanol–water partition coefficient (Wildman–Crippen LogP) is 3.89. The molecule has 0 saturated carbocycles. The first-order chi connectivity index (χ1) is 9.56. The number of hydrogen-bond donors (Lipinski definition) is 2. The van der Waals surface area contributed by atoms with Gasteiger partial charge in [0, 0.05) is 12.6 Å². The van der Waals surface area contributed by atoms with E-state index in [0.29, 0.717) is 12.6 Å². The molecule has 1 aromatic rings. The van der Waals surface area contributed by atoms with Crippen LogP contribution in [-0.4, -0.2) is 24.3 Å². The molecule has 1 aromatic carbocycles. The van der Waals surface area contributed by atoms with Crippen molar-refractivity contribution in [2.75, 3.05) is 13.2 Å². The maximum absolute atomic E-state index is 8.73. The summed E-state index contributed by atoms with van der Waals surface area (Å²) in [4.78, 5) is 0. The van der Waals surface area contributed by atoms with Crippen LogP contribution in [0.2, 0.25) is 0 Å². The largest absolute Gasteiger partial charge is 0.396 e. The Kier molecular flexibility index (Phi) is 7.86. The van der Waals surface area contributed by atoms with Gasteiger partial charge in [-0.05, 0) is 43.7 Å². The third-order valence-corrected chi connectivity index (χ3v) is 3.95. The highest BCUT2D eigenvalue weighted by molar-refractivity contribution is 5.23. The molecule has 0 spiro atoms. The fourth-order valence-corrected chi connectivity index (χ4v) is 2.78. The van der Waals surface area contributed by atoms with Gasteiger partial charge in [0.25, 0.3) is 0 Å². The molecule has 0 aliphatic carbocycles. The molecule has 0 fully saturated rings. The number of aliphatic hydroxyl groups is 1. The van der Waals surface area contributed by atoms with Crippen LogP contribution >= 0.6 is 0 Å². The van der Waals surface area contributed by atoms with Crippen molar-refractivity contribution < 1.29 is 5.11 Å². The molecule has 1 unspecified atom stereocenters. The number of hydrogen-bond acceptors (Lipinski definition) is 2. The first kappa shape index (κ1) is 17.2. The van der Waals surface area contributed by atoms with Crippen LogP contribution in [0.25, 0.3) is 0 Å². The van der Waals surface area contributed by atoms with Crippen LogP contribution in [0.4, 0.5) is 0 Å². The number of benzene rings is 1. The molecule has 114 valence electrons. The fourth-order valence-electron chi connectivity index (χ4n) is 2.78. The average Bonchev–Trinajstić information content (AvgIpc) is 2.43. The van der Waals surface area contributed by atoms with Crippen molar-refractivity contribution in [2.24, 2.45) is 0 Å². The van der Waals surface area contributed by atoms with Gasteiger partial charge < -0.3 is 10.4 Å². The highest BCUT2D eigenvalue weighted by Crippen LogP contribution is 2.28. The van der Waals surface area contributed by atoms with Crippen molar-refractivity contribution >= 4 is 0 Å². The average molecular weight is 277 g/mol. The molecule has 2 heteroatoms. The van der Waals surface area contributed by atoms with E-state index in [1.807, 2.05) is 0 Å². The molecule has 0 heterocycles. The van der Waals surface area contributed by atoms with E-state index in [0.717, 1.165) is 25.8 Å². The Bertz CT molecular complexity index is 348. The molecule has 1 atom stereocenters. The zero-order valence-corrected chi connectivity index (χ0v) is 13.4. The lowest BCUT2D eigenvalue weighted by Gasteiger charge is -2.29. The van der Waals surface area contributed by atoms with Gasteiger partial charge in [-0.1, -0.05) is 57.0 Å². The van der Waals surface area contributed by atoms with Gasteiger partial charge in [0.05, 0.1) is 0 Å². The topological polar surface area (TPSA) is 32.3 Å². The van der Waals surface area contributed by atoms with Crippen molar-refractivity contribution in [1.82, 2.24) is 5.32 Å². The summed E-state index contributed by atoms with van der Waals surface area (Å²) in [5.41, 5.74) is 1.63. The van der Waals surface area contributed by atoms with E-state index < -0.39 is 0 Å².